The van der Waals surface area contributed by atoms with E-state index in [4.69, 9.17) is 24.7 Å². The molecule has 0 aliphatic carbocycles. The summed E-state index contributed by atoms with van der Waals surface area (Å²) in [6, 6.07) is 0.937. The molecule has 1 aromatic rings. The highest BCUT2D eigenvalue weighted by Crippen LogP contribution is 2.40. The van der Waals surface area contributed by atoms with Gasteiger partial charge < -0.3 is 45.3 Å². The van der Waals surface area contributed by atoms with Crippen LogP contribution in [0.3, 0.4) is 0 Å². The fourth-order valence-corrected chi connectivity index (χ4v) is 4.62. The summed E-state index contributed by atoms with van der Waals surface area (Å²) in [5, 5.41) is 15.5. The van der Waals surface area contributed by atoms with Gasteiger partial charge in [0.25, 0.3) is 11.8 Å². The van der Waals surface area contributed by atoms with E-state index in [1.165, 1.54) is 18.1 Å². The molecule has 1 fully saturated rings. The third kappa shape index (κ3) is 6.68. The van der Waals surface area contributed by atoms with Crippen molar-refractivity contribution in [1.82, 2.24) is 15.5 Å². The third-order valence-corrected chi connectivity index (χ3v) is 6.63. The zero-order valence-corrected chi connectivity index (χ0v) is 21.1. The van der Waals surface area contributed by atoms with Gasteiger partial charge in [-0.15, -0.1) is 0 Å². The van der Waals surface area contributed by atoms with E-state index in [1.54, 1.807) is 0 Å². The molecule has 2 unspecified atom stereocenters. The van der Waals surface area contributed by atoms with Crippen LogP contribution in [-0.2, 0) is 25.5 Å². The number of rotatable bonds is 13. The second kappa shape index (κ2) is 13.1. The van der Waals surface area contributed by atoms with E-state index >= 15 is 0 Å². The third-order valence-electron chi connectivity index (χ3n) is 5.73. The molecule has 0 spiro atoms. The highest BCUT2D eigenvalue weighted by Gasteiger charge is 2.42. The molecule has 2 aliphatic rings. The Hall–Kier alpha value is -2.29. The first-order valence-corrected chi connectivity index (χ1v) is 12.1. The molecule has 2 aliphatic heterocycles. The monoisotopic (exact) mass is 558 g/mol. The smallest absolute Gasteiger partial charge is 0.258 e. The van der Waals surface area contributed by atoms with Gasteiger partial charge in [0, 0.05) is 29.5 Å². The Labute approximate surface area is 211 Å². The molecule has 0 aromatic heterocycles. The number of hydrogen-bond acceptors (Lipinski definition) is 9. The fraction of sp³-hybridized carbons (Fsp3) is 0.591. The van der Waals surface area contributed by atoms with E-state index in [9.17, 15) is 19.5 Å². The van der Waals surface area contributed by atoms with E-state index in [0.717, 1.165) is 0 Å². The van der Waals surface area contributed by atoms with Crippen molar-refractivity contribution in [1.29, 1.82) is 0 Å². The lowest BCUT2D eigenvalue weighted by Gasteiger charge is -2.35. The number of halogens is 1. The van der Waals surface area contributed by atoms with Gasteiger partial charge in [-0.2, -0.15) is 0 Å². The van der Waals surface area contributed by atoms with E-state index in [0.29, 0.717) is 60.6 Å². The van der Waals surface area contributed by atoms with Crippen molar-refractivity contribution in [3.63, 3.8) is 0 Å². The predicted octanol–water partition coefficient (Wildman–Crippen LogP) is -0.294. The number of piperidine rings is 1. The van der Waals surface area contributed by atoms with Crippen LogP contribution < -0.4 is 21.1 Å². The minimum Gasteiger partial charge on any atom is -0.496 e. The van der Waals surface area contributed by atoms with E-state index in [-0.39, 0.29) is 49.7 Å². The lowest BCUT2D eigenvalue weighted by molar-refractivity contribution is -0.129. The van der Waals surface area contributed by atoms with Crippen molar-refractivity contribution in [2.45, 2.75) is 31.7 Å². The highest BCUT2D eigenvalue weighted by atomic mass is 79.9. The van der Waals surface area contributed by atoms with Crippen molar-refractivity contribution in [3.05, 3.63) is 27.2 Å². The highest BCUT2D eigenvalue weighted by molar-refractivity contribution is 9.10. The Balaban J connectivity index is 1.57. The first-order valence-electron chi connectivity index (χ1n) is 11.3. The van der Waals surface area contributed by atoms with Gasteiger partial charge in [0.05, 0.1) is 64.0 Å². The number of nitrogens with zero attached hydrogens (tertiary/aromatic N) is 1. The van der Waals surface area contributed by atoms with Gasteiger partial charge in [0.1, 0.15) is 12.0 Å². The summed E-state index contributed by atoms with van der Waals surface area (Å²) in [5.74, 6) is -0.672. The molecule has 13 heteroatoms. The van der Waals surface area contributed by atoms with Gasteiger partial charge in [-0.1, -0.05) is 0 Å². The first-order chi connectivity index (χ1) is 16.9. The molecule has 1 aromatic carbocycles. The number of carbonyl (C=O) groups is 3. The summed E-state index contributed by atoms with van der Waals surface area (Å²) in [7, 11) is 1.43. The number of carbonyl (C=O) groups excluding carboxylic acids is 3. The van der Waals surface area contributed by atoms with Gasteiger partial charge in [0.2, 0.25) is 5.91 Å². The number of ether oxygens (including phenoxy) is 4. The van der Waals surface area contributed by atoms with Gasteiger partial charge >= 0.3 is 0 Å². The van der Waals surface area contributed by atoms with Crippen LogP contribution in [0.5, 0.6) is 5.75 Å². The first kappa shape index (κ1) is 27.3. The van der Waals surface area contributed by atoms with E-state index < -0.39 is 12.3 Å². The van der Waals surface area contributed by atoms with Crippen LogP contribution in [0.25, 0.3) is 0 Å². The summed E-state index contributed by atoms with van der Waals surface area (Å²) >= 11 is 3.48. The van der Waals surface area contributed by atoms with Crippen molar-refractivity contribution >= 4 is 33.7 Å². The lowest BCUT2D eigenvalue weighted by Crippen LogP contribution is -2.55. The van der Waals surface area contributed by atoms with Gasteiger partial charge in [-0.3, -0.25) is 14.4 Å². The van der Waals surface area contributed by atoms with E-state index in [2.05, 4.69) is 26.6 Å². The SMILES string of the molecule is COc1cc(C(=O)NCCOCCOCCOCN)c(Br)c2c1C(=O)N(C1CCC(=O)NC1O)C2. The fourth-order valence-electron chi connectivity index (χ4n) is 4.00. The van der Waals surface area contributed by atoms with Crippen LogP contribution in [0.1, 0.15) is 39.1 Å². The minimum atomic E-state index is -1.16. The molecule has 3 rings (SSSR count). The number of hydrogen-bond donors (Lipinski definition) is 4. The number of nitrogens with one attached hydrogen (secondary N) is 2. The number of aliphatic hydroxyl groups excluding tert-OH is 1. The summed E-state index contributed by atoms with van der Waals surface area (Å²) < 4.78 is 21.6. The summed E-state index contributed by atoms with van der Waals surface area (Å²) in [5.41, 5.74) is 6.45. The zero-order chi connectivity index (χ0) is 25.4. The number of nitrogens with two attached hydrogens (primary N) is 1. The van der Waals surface area contributed by atoms with Crippen molar-refractivity contribution in [2.24, 2.45) is 5.73 Å². The van der Waals surface area contributed by atoms with Crippen LogP contribution in [0.4, 0.5) is 0 Å². The number of methoxy groups -OCH3 is 1. The maximum Gasteiger partial charge on any atom is 0.258 e. The average Bonchev–Trinajstić information content (AvgIpc) is 3.18. The lowest BCUT2D eigenvalue weighted by atomic mass is 10.0. The molecule has 12 nitrogen and oxygen atoms in total. The summed E-state index contributed by atoms with van der Waals surface area (Å²) in [6.45, 7) is 2.53. The summed E-state index contributed by atoms with van der Waals surface area (Å²) in [6.07, 6.45) is -0.608. The maximum absolute atomic E-state index is 13.2. The predicted molar refractivity (Wildman–Crippen MR) is 127 cm³/mol. The van der Waals surface area contributed by atoms with Crippen molar-refractivity contribution in [3.8, 4) is 5.75 Å². The molecule has 2 atom stereocenters. The maximum atomic E-state index is 13.2. The summed E-state index contributed by atoms with van der Waals surface area (Å²) in [4.78, 5) is 39.1. The van der Waals surface area contributed by atoms with E-state index in [1.807, 2.05) is 0 Å². The molecule has 0 radical (unpaired) electrons. The minimum absolute atomic E-state index is 0.156. The Morgan fingerprint density at radius 3 is 2.57 bits per heavy atom. The largest absolute Gasteiger partial charge is 0.496 e. The van der Waals surface area contributed by atoms with Gasteiger partial charge in [-0.05, 0) is 28.4 Å². The van der Waals surface area contributed by atoms with Crippen LogP contribution in [0.15, 0.2) is 10.5 Å². The quantitative estimate of drug-likeness (QED) is 0.188. The van der Waals surface area contributed by atoms with Crippen molar-refractivity contribution in [2.75, 3.05) is 53.4 Å². The molecular formula is C22H31BrN4O8. The number of aliphatic hydroxyl groups is 1. The van der Waals surface area contributed by atoms with Crippen LogP contribution in [0, 0.1) is 0 Å². The van der Waals surface area contributed by atoms with Crippen LogP contribution >= 0.6 is 15.9 Å². The van der Waals surface area contributed by atoms with Crippen molar-refractivity contribution < 1.29 is 38.4 Å². The number of amides is 3. The van der Waals surface area contributed by atoms with Crippen LogP contribution in [0.2, 0.25) is 0 Å². The van der Waals surface area contributed by atoms with Gasteiger partial charge in [0.15, 0.2) is 0 Å². The van der Waals surface area contributed by atoms with Crippen LogP contribution in [-0.4, -0.2) is 93.4 Å². The topological polar surface area (TPSA) is 162 Å². The number of fused-ring (bicyclic) bond motifs is 1. The molecule has 194 valence electrons. The number of benzene rings is 1. The molecule has 0 saturated carbocycles. The molecule has 5 N–H and O–H groups in total. The Kier molecular flexibility index (Phi) is 10.2. The molecule has 0 bridgehead atoms. The molecule has 1 saturated heterocycles. The zero-order valence-electron chi connectivity index (χ0n) is 19.5. The Morgan fingerprint density at radius 2 is 1.91 bits per heavy atom. The standard InChI is InChI=1S/C22H31BrN4O8/c1-32-16-10-13(20(29)25-4-5-33-6-7-34-8-9-35-12-24)19(23)14-11-27(22(31)18(14)16)15-2-3-17(28)26-21(15)30/h10,15,21,30H,2-9,11-12,24H2,1H3,(H,25,29)(H,26,28). The molecule has 35 heavy (non-hydrogen) atoms. The second-order valence-electron chi connectivity index (χ2n) is 7.90. The normalized spacial score (nSPS) is 19.5. The molecule has 2 heterocycles. The molecular weight excluding hydrogens is 528 g/mol. The average molecular weight is 559 g/mol. The van der Waals surface area contributed by atoms with Gasteiger partial charge in [-0.25, -0.2) is 0 Å². The Morgan fingerprint density at radius 1 is 1.23 bits per heavy atom. The molecule has 3 amide bonds. The Bertz CT molecular complexity index is 931. The second-order valence-corrected chi connectivity index (χ2v) is 8.69.